The first-order valence-corrected chi connectivity index (χ1v) is 8.04. The van der Waals surface area contributed by atoms with Crippen molar-refractivity contribution < 1.29 is 9.59 Å². The predicted octanol–water partition coefficient (Wildman–Crippen LogP) is 0.898. The van der Waals surface area contributed by atoms with Crippen molar-refractivity contribution in [2.45, 2.75) is 12.8 Å². The van der Waals surface area contributed by atoms with E-state index in [0.29, 0.717) is 22.9 Å². The quantitative estimate of drug-likeness (QED) is 0.835. The van der Waals surface area contributed by atoms with E-state index in [4.69, 9.17) is 0 Å². The van der Waals surface area contributed by atoms with Crippen LogP contribution in [0, 0.1) is 11.8 Å². The number of amides is 2. The van der Waals surface area contributed by atoms with E-state index in [-0.39, 0.29) is 5.91 Å². The second kappa shape index (κ2) is 5.64. The van der Waals surface area contributed by atoms with Gasteiger partial charge in [-0.05, 0) is 42.9 Å². The summed E-state index contributed by atoms with van der Waals surface area (Å²) >= 11 is 0. The van der Waals surface area contributed by atoms with Crippen LogP contribution in [-0.4, -0.2) is 63.7 Å². The van der Waals surface area contributed by atoms with Gasteiger partial charge >= 0.3 is 0 Å². The van der Waals surface area contributed by atoms with Crippen LogP contribution >= 0.6 is 0 Å². The summed E-state index contributed by atoms with van der Waals surface area (Å²) in [4.78, 5) is 27.5. The van der Waals surface area contributed by atoms with Crippen molar-refractivity contribution in [2.24, 2.45) is 11.8 Å². The van der Waals surface area contributed by atoms with Gasteiger partial charge in [-0.1, -0.05) is 0 Å². The number of rotatable bonds is 2. The average molecular weight is 313 g/mol. The number of aromatic nitrogens is 3. The van der Waals surface area contributed by atoms with E-state index in [0.717, 1.165) is 50.9 Å². The highest BCUT2D eigenvalue weighted by molar-refractivity contribution is 5.97. The summed E-state index contributed by atoms with van der Waals surface area (Å²) in [5.41, 5.74) is 2.14. The highest BCUT2D eigenvalue weighted by Gasteiger charge is 2.36. The maximum atomic E-state index is 12.8. The molecule has 2 saturated heterocycles. The number of carbonyl (C=O) groups is 2. The lowest BCUT2D eigenvalue weighted by Gasteiger charge is -2.19. The Bertz CT molecular complexity index is 727. The van der Waals surface area contributed by atoms with Crippen LogP contribution in [0.4, 0.5) is 0 Å². The van der Waals surface area contributed by atoms with E-state index in [1.54, 1.807) is 6.07 Å². The van der Waals surface area contributed by atoms with E-state index in [2.05, 4.69) is 15.4 Å². The molecule has 7 nitrogen and oxygen atoms in total. The number of hydrogen-bond acceptors (Lipinski definition) is 4. The van der Waals surface area contributed by atoms with Crippen molar-refractivity contribution in [3.8, 4) is 0 Å². The predicted molar refractivity (Wildman–Crippen MR) is 83.6 cm³/mol. The molecule has 4 rings (SSSR count). The molecule has 2 atom stereocenters. The molecule has 7 heteroatoms. The molecule has 0 radical (unpaired) electrons. The van der Waals surface area contributed by atoms with Crippen molar-refractivity contribution in [2.75, 3.05) is 26.2 Å². The Hall–Kier alpha value is -2.44. The smallest absolute Gasteiger partial charge is 0.253 e. The summed E-state index contributed by atoms with van der Waals surface area (Å²) in [5.74, 6) is 1.06. The van der Waals surface area contributed by atoms with Crippen molar-refractivity contribution in [3.63, 3.8) is 0 Å². The van der Waals surface area contributed by atoms with Crippen LogP contribution in [0.15, 0.2) is 18.2 Å². The summed E-state index contributed by atoms with van der Waals surface area (Å²) in [6.45, 7) is 3.18. The molecule has 3 heterocycles. The summed E-state index contributed by atoms with van der Waals surface area (Å²) in [6, 6.07) is 5.43. The molecular weight excluding hydrogens is 294 g/mol. The number of carbonyl (C=O) groups excluding carboxylic acids is 2. The summed E-state index contributed by atoms with van der Waals surface area (Å²) < 4.78 is 0. The van der Waals surface area contributed by atoms with Crippen LogP contribution in [0.2, 0.25) is 0 Å². The van der Waals surface area contributed by atoms with Crippen molar-refractivity contribution in [1.82, 2.24) is 25.2 Å². The SMILES string of the molecule is O=CN1CC[C@@H]2CN(C(=O)c3ccc4n[nH]nc4c3)C[C@@H]2CC1. The number of H-pyrrole nitrogens is 1. The topological polar surface area (TPSA) is 82.2 Å². The van der Waals surface area contributed by atoms with E-state index in [1.807, 2.05) is 21.9 Å². The fourth-order valence-corrected chi connectivity index (χ4v) is 3.80. The van der Waals surface area contributed by atoms with Gasteiger partial charge in [-0.15, -0.1) is 0 Å². The minimum Gasteiger partial charge on any atom is -0.345 e. The number of benzene rings is 1. The summed E-state index contributed by atoms with van der Waals surface area (Å²) in [7, 11) is 0. The Kier molecular flexibility index (Phi) is 3.48. The molecule has 0 bridgehead atoms. The largest absolute Gasteiger partial charge is 0.345 e. The molecule has 0 spiro atoms. The lowest BCUT2D eigenvalue weighted by Crippen LogP contribution is -2.30. The zero-order valence-electron chi connectivity index (χ0n) is 12.8. The van der Waals surface area contributed by atoms with E-state index >= 15 is 0 Å². The number of aromatic amines is 1. The van der Waals surface area contributed by atoms with Gasteiger partial charge in [-0.2, -0.15) is 15.4 Å². The van der Waals surface area contributed by atoms with E-state index in [1.165, 1.54) is 0 Å². The van der Waals surface area contributed by atoms with E-state index < -0.39 is 0 Å². The van der Waals surface area contributed by atoms with Crippen LogP contribution in [0.3, 0.4) is 0 Å². The maximum absolute atomic E-state index is 12.8. The molecule has 2 fully saturated rings. The average Bonchev–Trinajstić information content (AvgIpc) is 3.16. The molecule has 2 aromatic rings. The van der Waals surface area contributed by atoms with Crippen LogP contribution in [0.5, 0.6) is 0 Å². The molecule has 1 aromatic carbocycles. The zero-order valence-corrected chi connectivity index (χ0v) is 12.8. The van der Waals surface area contributed by atoms with Crippen molar-refractivity contribution in [1.29, 1.82) is 0 Å². The maximum Gasteiger partial charge on any atom is 0.253 e. The minimum atomic E-state index is 0.0650. The van der Waals surface area contributed by atoms with Crippen LogP contribution in [0.1, 0.15) is 23.2 Å². The van der Waals surface area contributed by atoms with Crippen molar-refractivity contribution >= 4 is 23.4 Å². The van der Waals surface area contributed by atoms with Crippen LogP contribution in [-0.2, 0) is 4.79 Å². The van der Waals surface area contributed by atoms with Gasteiger partial charge in [0.25, 0.3) is 5.91 Å². The Morgan fingerprint density at radius 2 is 1.83 bits per heavy atom. The van der Waals surface area contributed by atoms with Crippen molar-refractivity contribution in [3.05, 3.63) is 23.8 Å². The molecular formula is C16H19N5O2. The van der Waals surface area contributed by atoms with Crippen LogP contribution in [0.25, 0.3) is 11.0 Å². The van der Waals surface area contributed by atoms with Gasteiger partial charge in [0, 0.05) is 31.7 Å². The van der Waals surface area contributed by atoms with Gasteiger partial charge in [0.1, 0.15) is 11.0 Å². The molecule has 0 aliphatic carbocycles. The van der Waals surface area contributed by atoms with Gasteiger partial charge < -0.3 is 9.80 Å². The number of fused-ring (bicyclic) bond motifs is 2. The number of nitrogens with zero attached hydrogens (tertiary/aromatic N) is 4. The minimum absolute atomic E-state index is 0.0650. The fourth-order valence-electron chi connectivity index (χ4n) is 3.80. The molecule has 0 unspecified atom stereocenters. The molecule has 2 aliphatic rings. The number of nitrogens with one attached hydrogen (secondary N) is 1. The monoisotopic (exact) mass is 313 g/mol. The molecule has 2 amide bonds. The van der Waals surface area contributed by atoms with E-state index in [9.17, 15) is 9.59 Å². The van der Waals surface area contributed by atoms with Gasteiger partial charge in [-0.25, -0.2) is 0 Å². The van der Waals surface area contributed by atoms with Gasteiger partial charge in [-0.3, -0.25) is 9.59 Å². The Labute approximate surface area is 133 Å². The lowest BCUT2D eigenvalue weighted by atomic mass is 9.92. The summed E-state index contributed by atoms with van der Waals surface area (Å²) in [5, 5.41) is 10.6. The second-order valence-electron chi connectivity index (χ2n) is 6.48. The Balaban J connectivity index is 1.49. The first kappa shape index (κ1) is 14.2. The second-order valence-corrected chi connectivity index (χ2v) is 6.48. The fraction of sp³-hybridized carbons (Fsp3) is 0.500. The molecule has 23 heavy (non-hydrogen) atoms. The van der Waals surface area contributed by atoms with Gasteiger partial charge in [0.05, 0.1) is 0 Å². The number of hydrogen-bond donors (Lipinski definition) is 1. The third-order valence-electron chi connectivity index (χ3n) is 5.15. The van der Waals surface area contributed by atoms with Crippen LogP contribution < -0.4 is 0 Å². The third kappa shape index (κ3) is 2.56. The third-order valence-corrected chi connectivity index (χ3v) is 5.15. The first-order chi connectivity index (χ1) is 11.2. The molecule has 0 saturated carbocycles. The Morgan fingerprint density at radius 3 is 2.52 bits per heavy atom. The standard InChI is InChI=1S/C16H19N5O2/c22-10-20-5-3-12-8-21(9-13(12)4-6-20)16(23)11-1-2-14-15(7-11)18-19-17-14/h1-2,7,10,12-13H,3-6,8-9H2,(H,17,18,19)/t12-,13+. The molecule has 1 N–H and O–H groups in total. The molecule has 120 valence electrons. The molecule has 2 aliphatic heterocycles. The first-order valence-electron chi connectivity index (χ1n) is 8.04. The summed E-state index contributed by atoms with van der Waals surface area (Å²) in [6.07, 6.45) is 2.90. The normalized spacial score (nSPS) is 24.5. The van der Waals surface area contributed by atoms with Gasteiger partial charge in [0.15, 0.2) is 0 Å². The molecule has 1 aromatic heterocycles. The highest BCUT2D eigenvalue weighted by Crippen LogP contribution is 2.32. The zero-order chi connectivity index (χ0) is 15.8. The lowest BCUT2D eigenvalue weighted by molar-refractivity contribution is -0.118. The number of likely N-dealkylation sites (tertiary alicyclic amines) is 2. The Morgan fingerprint density at radius 1 is 1.13 bits per heavy atom. The highest BCUT2D eigenvalue weighted by atomic mass is 16.2. The van der Waals surface area contributed by atoms with Gasteiger partial charge in [0.2, 0.25) is 6.41 Å².